The Morgan fingerprint density at radius 2 is 1.90 bits per heavy atom. The molecule has 3 nitrogen and oxygen atoms in total. The number of phenols is 1. The maximum atomic E-state index is 13.1. The molecule has 0 spiro atoms. The van der Waals surface area contributed by atoms with Gasteiger partial charge in [-0.3, -0.25) is 0 Å². The third-order valence-electron chi connectivity index (χ3n) is 3.58. The van der Waals surface area contributed by atoms with Gasteiger partial charge in [0, 0.05) is 24.8 Å². The zero-order chi connectivity index (χ0) is 14.9. The fourth-order valence-corrected chi connectivity index (χ4v) is 2.82. The topological polar surface area (TPSA) is 55.5 Å². The van der Waals surface area contributed by atoms with Crippen molar-refractivity contribution in [2.75, 3.05) is 13.2 Å². The van der Waals surface area contributed by atoms with Crippen molar-refractivity contribution in [3.8, 4) is 5.75 Å². The van der Waals surface area contributed by atoms with Gasteiger partial charge in [0.25, 0.3) is 0 Å². The fourth-order valence-electron chi connectivity index (χ4n) is 2.48. The van der Waals surface area contributed by atoms with E-state index in [4.69, 9.17) is 10.5 Å². The van der Waals surface area contributed by atoms with Crippen molar-refractivity contribution in [3.05, 3.63) is 27.7 Å². The SMILES string of the molecule is N[C@H](c1c(C(F)(F)F)ccc(Br)c1O)C1CCOCC1. The van der Waals surface area contributed by atoms with E-state index in [0.29, 0.717) is 26.1 Å². The van der Waals surface area contributed by atoms with Crippen LogP contribution in [0.2, 0.25) is 0 Å². The highest BCUT2D eigenvalue weighted by Gasteiger charge is 2.38. The number of alkyl halides is 3. The lowest BCUT2D eigenvalue weighted by molar-refractivity contribution is -0.138. The van der Waals surface area contributed by atoms with Crippen molar-refractivity contribution >= 4 is 15.9 Å². The van der Waals surface area contributed by atoms with Gasteiger partial charge in [-0.2, -0.15) is 13.2 Å². The molecule has 1 saturated heterocycles. The predicted molar refractivity (Wildman–Crippen MR) is 71.3 cm³/mol. The van der Waals surface area contributed by atoms with Crippen molar-refractivity contribution in [3.63, 3.8) is 0 Å². The summed E-state index contributed by atoms with van der Waals surface area (Å²) < 4.78 is 44.6. The van der Waals surface area contributed by atoms with E-state index in [9.17, 15) is 18.3 Å². The van der Waals surface area contributed by atoms with Crippen LogP contribution in [-0.4, -0.2) is 18.3 Å². The number of hydrogen-bond acceptors (Lipinski definition) is 3. The summed E-state index contributed by atoms with van der Waals surface area (Å²) in [4.78, 5) is 0. The minimum absolute atomic E-state index is 0.134. The second kappa shape index (κ2) is 5.91. The summed E-state index contributed by atoms with van der Waals surface area (Å²) in [6.07, 6.45) is -3.37. The molecule has 1 aromatic rings. The Morgan fingerprint density at radius 1 is 1.30 bits per heavy atom. The maximum absolute atomic E-state index is 13.1. The van der Waals surface area contributed by atoms with Crippen LogP contribution in [0.5, 0.6) is 5.75 Å². The van der Waals surface area contributed by atoms with Crippen LogP contribution in [0.15, 0.2) is 16.6 Å². The lowest BCUT2D eigenvalue weighted by Gasteiger charge is -2.30. The average molecular weight is 354 g/mol. The van der Waals surface area contributed by atoms with Crippen molar-refractivity contribution in [1.29, 1.82) is 0 Å². The Bertz CT molecular complexity index is 487. The van der Waals surface area contributed by atoms with Crippen molar-refractivity contribution in [2.24, 2.45) is 11.7 Å². The molecule has 0 bridgehead atoms. The molecular weight excluding hydrogens is 339 g/mol. The zero-order valence-corrected chi connectivity index (χ0v) is 12.2. The first kappa shape index (κ1) is 15.6. The molecule has 1 aromatic carbocycles. The molecular formula is C13H15BrF3NO2. The van der Waals surface area contributed by atoms with E-state index >= 15 is 0 Å². The molecule has 1 atom stereocenters. The summed E-state index contributed by atoms with van der Waals surface area (Å²) in [6, 6.07) is 1.25. The quantitative estimate of drug-likeness (QED) is 0.853. The highest BCUT2D eigenvalue weighted by atomic mass is 79.9. The number of nitrogens with two attached hydrogens (primary N) is 1. The van der Waals surface area contributed by atoms with E-state index in [-0.39, 0.29) is 16.0 Å². The molecule has 1 aliphatic rings. The third-order valence-corrected chi connectivity index (χ3v) is 4.22. The Morgan fingerprint density at radius 3 is 2.45 bits per heavy atom. The van der Waals surface area contributed by atoms with Gasteiger partial charge in [-0.25, -0.2) is 0 Å². The monoisotopic (exact) mass is 353 g/mol. The lowest BCUT2D eigenvalue weighted by Crippen LogP contribution is -2.29. The molecule has 2 rings (SSSR count). The van der Waals surface area contributed by atoms with E-state index in [1.165, 1.54) is 6.07 Å². The van der Waals surface area contributed by atoms with Crippen molar-refractivity contribution in [2.45, 2.75) is 25.1 Å². The van der Waals surface area contributed by atoms with Crippen LogP contribution in [0.1, 0.15) is 30.0 Å². The first-order valence-electron chi connectivity index (χ1n) is 6.24. The second-order valence-electron chi connectivity index (χ2n) is 4.83. The minimum atomic E-state index is -4.55. The summed E-state index contributed by atoms with van der Waals surface area (Å²) in [6.45, 7) is 0.961. The van der Waals surface area contributed by atoms with Crippen LogP contribution in [0.4, 0.5) is 13.2 Å². The number of phenolic OH excluding ortho intramolecular Hbond substituents is 1. The molecule has 3 N–H and O–H groups in total. The third kappa shape index (κ3) is 3.10. The van der Waals surface area contributed by atoms with Crippen LogP contribution in [0.25, 0.3) is 0 Å². The van der Waals surface area contributed by atoms with Gasteiger partial charge in [0.2, 0.25) is 0 Å². The van der Waals surface area contributed by atoms with Gasteiger partial charge in [-0.15, -0.1) is 0 Å². The highest BCUT2D eigenvalue weighted by molar-refractivity contribution is 9.10. The highest BCUT2D eigenvalue weighted by Crippen LogP contribution is 2.44. The number of aromatic hydroxyl groups is 1. The van der Waals surface area contributed by atoms with Crippen LogP contribution < -0.4 is 5.73 Å². The lowest BCUT2D eigenvalue weighted by atomic mass is 9.85. The Labute approximate surface area is 123 Å². The molecule has 0 aliphatic carbocycles. The maximum Gasteiger partial charge on any atom is 0.416 e. The van der Waals surface area contributed by atoms with Gasteiger partial charge in [-0.1, -0.05) is 0 Å². The van der Waals surface area contributed by atoms with Gasteiger partial charge in [0.15, 0.2) is 0 Å². The fraction of sp³-hybridized carbons (Fsp3) is 0.538. The summed E-state index contributed by atoms with van der Waals surface area (Å²) in [5.74, 6) is -0.566. The van der Waals surface area contributed by atoms with E-state index in [0.717, 1.165) is 6.07 Å². The first-order valence-corrected chi connectivity index (χ1v) is 7.03. The van der Waals surface area contributed by atoms with Crippen LogP contribution in [-0.2, 0) is 10.9 Å². The van der Waals surface area contributed by atoms with Gasteiger partial charge >= 0.3 is 6.18 Å². The molecule has 0 amide bonds. The standard InChI is InChI=1S/C13H15BrF3NO2/c14-9-2-1-8(13(15,16)17)10(12(9)19)11(18)7-3-5-20-6-4-7/h1-2,7,11,19H,3-6,18H2/t11-/m0/s1. The molecule has 0 radical (unpaired) electrons. The number of halogens is 4. The molecule has 1 aliphatic heterocycles. The number of benzene rings is 1. The summed E-state index contributed by atoms with van der Waals surface area (Å²) >= 11 is 3.04. The Hall–Kier alpha value is -0.790. The molecule has 0 saturated carbocycles. The molecule has 1 heterocycles. The molecule has 112 valence electrons. The predicted octanol–water partition coefficient (Wildman–Crippen LogP) is 3.60. The molecule has 0 aromatic heterocycles. The number of hydrogen-bond donors (Lipinski definition) is 2. The Balaban J connectivity index is 2.44. The second-order valence-corrected chi connectivity index (χ2v) is 5.68. The number of ether oxygens (including phenoxy) is 1. The van der Waals surface area contributed by atoms with Gasteiger partial charge in [0.05, 0.1) is 10.0 Å². The Kier molecular flexibility index (Phi) is 4.61. The average Bonchev–Trinajstić information content (AvgIpc) is 2.40. The number of rotatable bonds is 2. The smallest absolute Gasteiger partial charge is 0.416 e. The van der Waals surface area contributed by atoms with E-state index in [2.05, 4.69) is 15.9 Å². The van der Waals surface area contributed by atoms with Gasteiger partial charge < -0.3 is 15.6 Å². The molecule has 0 unspecified atom stereocenters. The molecule has 1 fully saturated rings. The van der Waals surface area contributed by atoms with E-state index in [1.807, 2.05) is 0 Å². The largest absolute Gasteiger partial charge is 0.506 e. The normalized spacial score (nSPS) is 19.1. The summed E-state index contributed by atoms with van der Waals surface area (Å²) in [7, 11) is 0. The van der Waals surface area contributed by atoms with Crippen LogP contribution in [0.3, 0.4) is 0 Å². The van der Waals surface area contributed by atoms with Crippen LogP contribution in [0, 0.1) is 5.92 Å². The summed E-state index contributed by atoms with van der Waals surface area (Å²) in [5.41, 5.74) is 4.89. The zero-order valence-electron chi connectivity index (χ0n) is 10.6. The van der Waals surface area contributed by atoms with Crippen molar-refractivity contribution in [1.82, 2.24) is 0 Å². The first-order chi connectivity index (χ1) is 9.32. The molecule has 7 heteroatoms. The minimum Gasteiger partial charge on any atom is -0.506 e. The van der Waals surface area contributed by atoms with E-state index < -0.39 is 23.5 Å². The van der Waals surface area contributed by atoms with E-state index in [1.54, 1.807) is 0 Å². The van der Waals surface area contributed by atoms with Gasteiger partial charge in [-0.05, 0) is 46.8 Å². The van der Waals surface area contributed by atoms with Gasteiger partial charge in [0.1, 0.15) is 5.75 Å². The summed E-state index contributed by atoms with van der Waals surface area (Å²) in [5, 5.41) is 9.98. The van der Waals surface area contributed by atoms with Crippen molar-refractivity contribution < 1.29 is 23.0 Å². The molecule has 20 heavy (non-hydrogen) atoms. The van der Waals surface area contributed by atoms with Crippen LogP contribution >= 0.6 is 15.9 Å².